The summed E-state index contributed by atoms with van der Waals surface area (Å²) in [6, 6.07) is 3.10. The van der Waals surface area contributed by atoms with E-state index in [1.165, 1.54) is 12.3 Å². The summed E-state index contributed by atoms with van der Waals surface area (Å²) >= 11 is 3.17. The first-order chi connectivity index (χ1) is 6.65. The predicted octanol–water partition coefficient (Wildman–Crippen LogP) is 1.59. The first-order valence-corrected chi connectivity index (χ1v) is 4.77. The standard InChI is InChI=1S/C9H8BrNO3/c1-2-14-9(13)8(12)7-4-3-6(10)5-11-7/h3-5H,2H2,1H3. The molecule has 1 heterocycles. The molecule has 1 rings (SSSR count). The highest BCUT2D eigenvalue weighted by molar-refractivity contribution is 9.10. The number of esters is 1. The van der Waals surface area contributed by atoms with Gasteiger partial charge in [0.2, 0.25) is 0 Å². The number of aromatic nitrogens is 1. The van der Waals surface area contributed by atoms with Gasteiger partial charge in [0.15, 0.2) is 0 Å². The molecule has 1 aromatic rings. The highest BCUT2D eigenvalue weighted by Gasteiger charge is 2.18. The van der Waals surface area contributed by atoms with E-state index in [0.29, 0.717) is 0 Å². The second-order valence-electron chi connectivity index (χ2n) is 2.41. The molecule has 0 unspecified atom stereocenters. The first kappa shape index (κ1) is 10.8. The first-order valence-electron chi connectivity index (χ1n) is 3.98. The van der Waals surface area contributed by atoms with E-state index in [0.717, 1.165) is 4.47 Å². The molecule has 0 spiro atoms. The molecular formula is C9H8BrNO3. The van der Waals surface area contributed by atoms with Crippen LogP contribution in [0.5, 0.6) is 0 Å². The van der Waals surface area contributed by atoms with Crippen LogP contribution in [0.3, 0.4) is 0 Å². The minimum Gasteiger partial charge on any atom is -0.460 e. The maximum absolute atomic E-state index is 11.3. The third-order valence-corrected chi connectivity index (χ3v) is 1.89. The molecule has 0 fully saturated rings. The fourth-order valence-electron chi connectivity index (χ4n) is 0.811. The van der Waals surface area contributed by atoms with Gasteiger partial charge in [0.1, 0.15) is 5.69 Å². The van der Waals surface area contributed by atoms with Gasteiger partial charge in [0.25, 0.3) is 5.78 Å². The van der Waals surface area contributed by atoms with E-state index in [1.54, 1.807) is 13.0 Å². The molecule has 0 N–H and O–H groups in total. The average Bonchev–Trinajstić information content (AvgIpc) is 2.18. The zero-order chi connectivity index (χ0) is 10.6. The highest BCUT2D eigenvalue weighted by Crippen LogP contribution is 2.08. The van der Waals surface area contributed by atoms with Crippen LogP contribution in [-0.4, -0.2) is 23.3 Å². The topological polar surface area (TPSA) is 56.3 Å². The Hall–Kier alpha value is -1.23. The van der Waals surface area contributed by atoms with Crippen molar-refractivity contribution in [3.63, 3.8) is 0 Å². The van der Waals surface area contributed by atoms with Gasteiger partial charge in [0.05, 0.1) is 6.61 Å². The number of ether oxygens (including phenoxy) is 1. The van der Waals surface area contributed by atoms with Crippen LogP contribution < -0.4 is 0 Å². The van der Waals surface area contributed by atoms with E-state index in [2.05, 4.69) is 25.7 Å². The van der Waals surface area contributed by atoms with Crippen LogP contribution in [0.15, 0.2) is 22.8 Å². The minimum atomic E-state index is -0.873. The lowest BCUT2D eigenvalue weighted by Gasteiger charge is -1.99. The minimum absolute atomic E-state index is 0.0895. The molecule has 0 atom stereocenters. The molecule has 0 bridgehead atoms. The van der Waals surface area contributed by atoms with Crippen LogP contribution in [0.2, 0.25) is 0 Å². The molecule has 0 aliphatic heterocycles. The summed E-state index contributed by atoms with van der Waals surface area (Å²) in [4.78, 5) is 26.1. The zero-order valence-electron chi connectivity index (χ0n) is 7.49. The van der Waals surface area contributed by atoms with Crippen molar-refractivity contribution in [1.29, 1.82) is 0 Å². The number of rotatable bonds is 3. The maximum atomic E-state index is 11.3. The number of ketones is 1. The van der Waals surface area contributed by atoms with Crippen LogP contribution in [0, 0.1) is 0 Å². The Morgan fingerprint density at radius 1 is 1.50 bits per heavy atom. The zero-order valence-corrected chi connectivity index (χ0v) is 9.08. The van der Waals surface area contributed by atoms with Crippen molar-refractivity contribution in [2.24, 2.45) is 0 Å². The van der Waals surface area contributed by atoms with Crippen molar-refractivity contribution in [3.8, 4) is 0 Å². The van der Waals surface area contributed by atoms with Gasteiger partial charge < -0.3 is 4.74 Å². The smallest absolute Gasteiger partial charge is 0.381 e. The molecule has 4 nitrogen and oxygen atoms in total. The van der Waals surface area contributed by atoms with Crippen LogP contribution in [-0.2, 0) is 9.53 Å². The molecule has 0 aromatic carbocycles. The van der Waals surface area contributed by atoms with Gasteiger partial charge in [-0.2, -0.15) is 0 Å². The number of carbonyl (C=O) groups is 2. The van der Waals surface area contributed by atoms with Crippen LogP contribution in [0.1, 0.15) is 17.4 Å². The van der Waals surface area contributed by atoms with Gasteiger partial charge in [-0.05, 0) is 35.0 Å². The molecule has 0 radical (unpaired) electrons. The molecule has 74 valence electrons. The van der Waals surface area contributed by atoms with Gasteiger partial charge in [-0.25, -0.2) is 4.79 Å². The summed E-state index contributed by atoms with van der Waals surface area (Å²) in [5.74, 6) is -1.60. The fourth-order valence-corrected chi connectivity index (χ4v) is 1.05. The summed E-state index contributed by atoms with van der Waals surface area (Å²) < 4.78 is 5.30. The van der Waals surface area contributed by atoms with E-state index >= 15 is 0 Å². The van der Waals surface area contributed by atoms with Gasteiger partial charge >= 0.3 is 5.97 Å². The molecule has 14 heavy (non-hydrogen) atoms. The Labute approximate surface area is 89.4 Å². The molecule has 0 saturated carbocycles. The Morgan fingerprint density at radius 2 is 2.21 bits per heavy atom. The molecule has 0 aliphatic carbocycles. The SMILES string of the molecule is CCOC(=O)C(=O)c1ccc(Br)cn1. The lowest BCUT2D eigenvalue weighted by Crippen LogP contribution is -2.18. The summed E-state index contributed by atoms with van der Waals surface area (Å²) in [5, 5.41) is 0. The second kappa shape index (κ2) is 4.85. The number of pyridine rings is 1. The average molecular weight is 258 g/mol. The summed E-state index contributed by atoms with van der Waals surface area (Å²) in [6.45, 7) is 1.82. The van der Waals surface area contributed by atoms with Crippen LogP contribution in [0.25, 0.3) is 0 Å². The van der Waals surface area contributed by atoms with Crippen molar-refractivity contribution < 1.29 is 14.3 Å². The second-order valence-corrected chi connectivity index (χ2v) is 3.33. The Balaban J connectivity index is 2.79. The molecule has 5 heteroatoms. The van der Waals surface area contributed by atoms with Gasteiger partial charge in [-0.3, -0.25) is 9.78 Å². The van der Waals surface area contributed by atoms with Crippen molar-refractivity contribution in [1.82, 2.24) is 4.98 Å². The van der Waals surface area contributed by atoms with Gasteiger partial charge in [0, 0.05) is 10.7 Å². The normalized spacial score (nSPS) is 9.57. The van der Waals surface area contributed by atoms with E-state index in [-0.39, 0.29) is 12.3 Å². The number of nitrogens with zero attached hydrogens (tertiary/aromatic N) is 1. The fraction of sp³-hybridized carbons (Fsp3) is 0.222. The van der Waals surface area contributed by atoms with Crippen molar-refractivity contribution >= 4 is 27.7 Å². The molecule has 0 aliphatic rings. The summed E-state index contributed by atoms with van der Waals surface area (Å²) in [5.41, 5.74) is 0.0895. The van der Waals surface area contributed by atoms with Gasteiger partial charge in [-0.1, -0.05) is 0 Å². The third-order valence-electron chi connectivity index (χ3n) is 1.42. The quantitative estimate of drug-likeness (QED) is 0.469. The molecule has 0 amide bonds. The maximum Gasteiger partial charge on any atom is 0.381 e. The third kappa shape index (κ3) is 2.63. The van der Waals surface area contributed by atoms with Crippen LogP contribution >= 0.6 is 15.9 Å². The Morgan fingerprint density at radius 3 is 2.71 bits per heavy atom. The van der Waals surface area contributed by atoms with E-state index in [9.17, 15) is 9.59 Å². The highest BCUT2D eigenvalue weighted by atomic mass is 79.9. The largest absolute Gasteiger partial charge is 0.460 e. The van der Waals surface area contributed by atoms with E-state index in [4.69, 9.17) is 0 Å². The molecular weight excluding hydrogens is 250 g/mol. The van der Waals surface area contributed by atoms with Crippen molar-refractivity contribution in [2.75, 3.05) is 6.61 Å². The molecule has 1 aromatic heterocycles. The number of halogens is 1. The number of carbonyl (C=O) groups excluding carboxylic acids is 2. The predicted molar refractivity (Wildman–Crippen MR) is 52.9 cm³/mol. The Bertz CT molecular complexity index is 348. The van der Waals surface area contributed by atoms with Crippen molar-refractivity contribution in [2.45, 2.75) is 6.92 Å². The summed E-state index contributed by atoms with van der Waals surface area (Å²) in [6.07, 6.45) is 1.45. The van der Waals surface area contributed by atoms with E-state index < -0.39 is 11.8 Å². The van der Waals surface area contributed by atoms with Crippen LogP contribution in [0.4, 0.5) is 0 Å². The number of Topliss-reactive ketones (excluding diaryl/α,β-unsaturated/α-hetero) is 1. The Kier molecular flexibility index (Phi) is 3.76. The van der Waals surface area contributed by atoms with Crippen molar-refractivity contribution in [3.05, 3.63) is 28.5 Å². The molecule has 0 saturated heterocycles. The van der Waals surface area contributed by atoms with E-state index in [1.807, 2.05) is 0 Å². The number of hydrogen-bond acceptors (Lipinski definition) is 4. The summed E-state index contributed by atoms with van der Waals surface area (Å²) in [7, 11) is 0. The monoisotopic (exact) mass is 257 g/mol. The lowest BCUT2D eigenvalue weighted by atomic mass is 10.2. The lowest BCUT2D eigenvalue weighted by molar-refractivity contribution is -0.137. The van der Waals surface area contributed by atoms with Gasteiger partial charge in [-0.15, -0.1) is 0 Å². The number of hydrogen-bond donors (Lipinski definition) is 0.